The number of ether oxygens (including phenoxy) is 3. The standard InChI is InChI=1S/C26H33N3O5/c1-2-33-24-9-4-3-8-23(24)29-19-21(17-25(29)30)26(31)27-18-20-6-5-7-22(16-20)34-15-12-28-10-13-32-14-11-28/h3-9,16,21H,2,10-15,17-19H2,1H3,(H,27,31). The maximum atomic E-state index is 12.8. The largest absolute Gasteiger partial charge is 0.492 e. The molecule has 1 unspecified atom stereocenters. The van der Waals surface area contributed by atoms with E-state index >= 15 is 0 Å². The first-order valence-electron chi connectivity index (χ1n) is 12.0. The van der Waals surface area contributed by atoms with Gasteiger partial charge < -0.3 is 24.4 Å². The van der Waals surface area contributed by atoms with Crippen LogP contribution in [0.1, 0.15) is 18.9 Å². The number of hydrogen-bond donors (Lipinski definition) is 1. The molecule has 0 aromatic heterocycles. The zero-order valence-corrected chi connectivity index (χ0v) is 19.7. The molecular formula is C26H33N3O5. The van der Waals surface area contributed by atoms with Gasteiger partial charge in [-0.05, 0) is 36.8 Å². The third-order valence-electron chi connectivity index (χ3n) is 6.10. The number of morpholine rings is 1. The molecule has 8 nitrogen and oxygen atoms in total. The van der Waals surface area contributed by atoms with Crippen molar-refractivity contribution in [1.29, 1.82) is 0 Å². The second-order valence-electron chi connectivity index (χ2n) is 8.47. The van der Waals surface area contributed by atoms with E-state index in [0.717, 1.165) is 44.2 Å². The van der Waals surface area contributed by atoms with Gasteiger partial charge in [-0.3, -0.25) is 14.5 Å². The molecule has 2 amide bonds. The Morgan fingerprint density at radius 1 is 1.12 bits per heavy atom. The average Bonchev–Trinajstić information content (AvgIpc) is 3.25. The molecule has 0 radical (unpaired) electrons. The molecule has 1 atom stereocenters. The Balaban J connectivity index is 1.27. The highest BCUT2D eigenvalue weighted by Gasteiger charge is 2.36. The van der Waals surface area contributed by atoms with Gasteiger partial charge in [0.05, 0.1) is 31.4 Å². The molecule has 8 heteroatoms. The van der Waals surface area contributed by atoms with Crippen LogP contribution in [0.15, 0.2) is 48.5 Å². The molecule has 0 spiro atoms. The molecule has 0 aliphatic carbocycles. The van der Waals surface area contributed by atoms with Crippen molar-refractivity contribution in [1.82, 2.24) is 10.2 Å². The Morgan fingerprint density at radius 2 is 1.94 bits per heavy atom. The summed E-state index contributed by atoms with van der Waals surface area (Å²) in [6.07, 6.45) is 0.191. The van der Waals surface area contributed by atoms with Crippen LogP contribution in [0, 0.1) is 5.92 Å². The molecule has 2 fully saturated rings. The molecule has 4 rings (SSSR count). The van der Waals surface area contributed by atoms with Gasteiger partial charge in [0.2, 0.25) is 11.8 Å². The number of carbonyl (C=O) groups excluding carboxylic acids is 2. The summed E-state index contributed by atoms with van der Waals surface area (Å²) in [5.41, 5.74) is 1.67. The van der Waals surface area contributed by atoms with Crippen LogP contribution in [0.3, 0.4) is 0 Å². The molecule has 2 aromatic rings. The van der Waals surface area contributed by atoms with Crippen LogP contribution >= 0.6 is 0 Å². The van der Waals surface area contributed by atoms with Crippen LogP contribution in [0.2, 0.25) is 0 Å². The highest BCUT2D eigenvalue weighted by atomic mass is 16.5. The van der Waals surface area contributed by atoms with Gasteiger partial charge in [-0.25, -0.2) is 0 Å². The molecule has 34 heavy (non-hydrogen) atoms. The predicted molar refractivity (Wildman–Crippen MR) is 129 cm³/mol. The second-order valence-corrected chi connectivity index (χ2v) is 8.47. The van der Waals surface area contributed by atoms with Crippen molar-refractivity contribution in [3.63, 3.8) is 0 Å². The summed E-state index contributed by atoms with van der Waals surface area (Å²) in [6.45, 7) is 8.06. The molecule has 0 saturated carbocycles. The Kier molecular flexibility index (Phi) is 8.38. The fraction of sp³-hybridized carbons (Fsp3) is 0.462. The van der Waals surface area contributed by atoms with Gasteiger partial charge >= 0.3 is 0 Å². The van der Waals surface area contributed by atoms with Crippen molar-refractivity contribution in [3.8, 4) is 11.5 Å². The molecule has 0 bridgehead atoms. The fourth-order valence-electron chi connectivity index (χ4n) is 4.27. The van der Waals surface area contributed by atoms with Crippen molar-refractivity contribution >= 4 is 17.5 Å². The SMILES string of the molecule is CCOc1ccccc1N1CC(C(=O)NCc2cccc(OCCN3CCOCC3)c2)CC1=O. The number of benzene rings is 2. The molecule has 1 N–H and O–H groups in total. The number of hydrogen-bond acceptors (Lipinski definition) is 6. The van der Waals surface area contributed by atoms with Gasteiger partial charge in [-0.2, -0.15) is 0 Å². The number of carbonyl (C=O) groups is 2. The van der Waals surface area contributed by atoms with Gasteiger partial charge in [0.25, 0.3) is 0 Å². The third-order valence-corrected chi connectivity index (χ3v) is 6.10. The number of amides is 2. The lowest BCUT2D eigenvalue weighted by Gasteiger charge is -2.26. The molecular weight excluding hydrogens is 434 g/mol. The lowest BCUT2D eigenvalue weighted by Crippen LogP contribution is -2.38. The Labute approximate surface area is 200 Å². The van der Waals surface area contributed by atoms with Crippen molar-refractivity contribution < 1.29 is 23.8 Å². The van der Waals surface area contributed by atoms with Crippen molar-refractivity contribution in [3.05, 3.63) is 54.1 Å². The minimum absolute atomic E-state index is 0.0667. The first kappa shape index (κ1) is 24.0. The molecule has 2 aliphatic rings. The van der Waals surface area contributed by atoms with Gasteiger partial charge in [-0.15, -0.1) is 0 Å². The molecule has 2 heterocycles. The Hall–Kier alpha value is -3.10. The predicted octanol–water partition coefficient (Wildman–Crippen LogP) is 2.47. The summed E-state index contributed by atoms with van der Waals surface area (Å²) >= 11 is 0. The monoisotopic (exact) mass is 467 g/mol. The zero-order valence-electron chi connectivity index (χ0n) is 19.7. The minimum atomic E-state index is -0.393. The highest BCUT2D eigenvalue weighted by molar-refractivity contribution is 6.01. The first-order valence-corrected chi connectivity index (χ1v) is 12.0. The number of nitrogens with zero attached hydrogens (tertiary/aromatic N) is 2. The summed E-state index contributed by atoms with van der Waals surface area (Å²) in [4.78, 5) is 29.4. The van der Waals surface area contributed by atoms with E-state index in [4.69, 9.17) is 14.2 Å². The van der Waals surface area contributed by atoms with Crippen LogP contribution in [-0.2, 0) is 20.9 Å². The summed E-state index contributed by atoms with van der Waals surface area (Å²) in [5, 5.41) is 2.98. The lowest BCUT2D eigenvalue weighted by atomic mass is 10.1. The van der Waals surface area contributed by atoms with Crippen LogP contribution in [0.4, 0.5) is 5.69 Å². The van der Waals surface area contributed by atoms with Crippen molar-refractivity contribution in [2.75, 3.05) is 57.5 Å². The smallest absolute Gasteiger partial charge is 0.227 e. The zero-order chi connectivity index (χ0) is 23.8. The van der Waals surface area contributed by atoms with Crippen LogP contribution in [0.5, 0.6) is 11.5 Å². The normalized spacial score (nSPS) is 18.7. The van der Waals surface area contributed by atoms with E-state index < -0.39 is 5.92 Å². The first-order chi connectivity index (χ1) is 16.6. The summed E-state index contributed by atoms with van der Waals surface area (Å²) in [6, 6.07) is 15.2. The molecule has 2 aliphatic heterocycles. The highest BCUT2D eigenvalue weighted by Crippen LogP contribution is 2.33. The lowest BCUT2D eigenvalue weighted by molar-refractivity contribution is -0.126. The van der Waals surface area contributed by atoms with E-state index in [2.05, 4.69) is 10.2 Å². The maximum absolute atomic E-state index is 12.8. The van der Waals surface area contributed by atoms with Crippen LogP contribution in [0.25, 0.3) is 0 Å². The van der Waals surface area contributed by atoms with Crippen molar-refractivity contribution in [2.24, 2.45) is 5.92 Å². The number of anilines is 1. The van der Waals surface area contributed by atoms with E-state index in [1.807, 2.05) is 55.5 Å². The van der Waals surface area contributed by atoms with Gasteiger partial charge in [-0.1, -0.05) is 24.3 Å². The third kappa shape index (κ3) is 6.27. The Morgan fingerprint density at radius 3 is 2.76 bits per heavy atom. The second kappa shape index (κ2) is 11.9. The average molecular weight is 468 g/mol. The summed E-state index contributed by atoms with van der Waals surface area (Å²) < 4.78 is 16.9. The van der Waals surface area contributed by atoms with Gasteiger partial charge in [0, 0.05) is 39.1 Å². The molecule has 182 valence electrons. The van der Waals surface area contributed by atoms with Crippen molar-refractivity contribution in [2.45, 2.75) is 19.9 Å². The quantitative estimate of drug-likeness (QED) is 0.578. The molecule has 2 saturated heterocycles. The topological polar surface area (TPSA) is 80.3 Å². The molecule has 2 aromatic carbocycles. The van der Waals surface area contributed by atoms with E-state index in [1.54, 1.807) is 4.90 Å². The van der Waals surface area contributed by atoms with E-state index in [0.29, 0.717) is 37.7 Å². The number of nitrogens with one attached hydrogen (secondary N) is 1. The van der Waals surface area contributed by atoms with Gasteiger partial charge in [0.1, 0.15) is 18.1 Å². The van der Waals surface area contributed by atoms with E-state index in [1.165, 1.54) is 0 Å². The number of rotatable bonds is 10. The fourth-order valence-corrected chi connectivity index (χ4v) is 4.27. The van der Waals surface area contributed by atoms with Crippen LogP contribution in [-0.4, -0.2) is 69.3 Å². The van der Waals surface area contributed by atoms with E-state index in [-0.39, 0.29) is 18.2 Å². The summed E-state index contributed by atoms with van der Waals surface area (Å²) in [7, 11) is 0. The van der Waals surface area contributed by atoms with Crippen LogP contribution < -0.4 is 19.7 Å². The Bertz CT molecular complexity index is 976. The van der Waals surface area contributed by atoms with Gasteiger partial charge in [0.15, 0.2) is 0 Å². The number of para-hydroxylation sites is 2. The van der Waals surface area contributed by atoms with E-state index in [9.17, 15) is 9.59 Å². The minimum Gasteiger partial charge on any atom is -0.492 e. The summed E-state index contributed by atoms with van der Waals surface area (Å²) in [5.74, 6) is 0.862. The maximum Gasteiger partial charge on any atom is 0.227 e.